The molecule has 0 radical (unpaired) electrons. The van der Waals surface area contributed by atoms with Crippen LogP contribution in [0.4, 0.5) is 17.1 Å². The molecule has 0 saturated carbocycles. The van der Waals surface area contributed by atoms with Gasteiger partial charge in [0.25, 0.3) is 0 Å². The minimum Gasteiger partial charge on any atom is -0.397 e. The second kappa shape index (κ2) is 4.77. The molecule has 2 rings (SSSR count). The summed E-state index contributed by atoms with van der Waals surface area (Å²) in [7, 11) is 0. The fraction of sp³-hybridized carbons (Fsp3) is 0. The maximum atomic E-state index is 8.73. The molecule has 84 valence electrons. The van der Waals surface area contributed by atoms with E-state index in [0.29, 0.717) is 16.3 Å². The molecule has 0 atom stereocenters. The Hall–Kier alpha value is -2.18. The normalized spacial score (nSPS) is 9.65. The van der Waals surface area contributed by atoms with Gasteiger partial charge in [-0.25, -0.2) is 0 Å². The summed E-state index contributed by atoms with van der Waals surface area (Å²) in [5.74, 6) is 0. The molecule has 0 bridgehead atoms. The lowest BCUT2D eigenvalue weighted by atomic mass is 10.2. The molecular formula is C13H10ClN3. The van der Waals surface area contributed by atoms with Crippen molar-refractivity contribution in [1.29, 1.82) is 5.26 Å². The zero-order valence-corrected chi connectivity index (χ0v) is 9.70. The molecular weight excluding hydrogens is 234 g/mol. The van der Waals surface area contributed by atoms with Crippen molar-refractivity contribution in [1.82, 2.24) is 0 Å². The first kappa shape index (κ1) is 11.3. The van der Waals surface area contributed by atoms with E-state index in [1.54, 1.807) is 30.3 Å². The van der Waals surface area contributed by atoms with E-state index in [4.69, 9.17) is 22.6 Å². The number of rotatable bonds is 2. The van der Waals surface area contributed by atoms with E-state index in [1.165, 1.54) is 0 Å². The Morgan fingerprint density at radius 1 is 1.12 bits per heavy atom. The van der Waals surface area contributed by atoms with E-state index in [2.05, 4.69) is 5.32 Å². The van der Waals surface area contributed by atoms with Gasteiger partial charge >= 0.3 is 0 Å². The van der Waals surface area contributed by atoms with Gasteiger partial charge in [0.2, 0.25) is 0 Å². The Kier molecular flexibility index (Phi) is 3.17. The van der Waals surface area contributed by atoms with E-state index in [-0.39, 0.29) is 0 Å². The number of hydrogen-bond acceptors (Lipinski definition) is 3. The van der Waals surface area contributed by atoms with E-state index < -0.39 is 0 Å². The van der Waals surface area contributed by atoms with Crippen LogP contribution in [-0.2, 0) is 0 Å². The number of nitrogens with two attached hydrogens (primary N) is 1. The number of nitrogens with zero attached hydrogens (tertiary/aromatic N) is 1. The van der Waals surface area contributed by atoms with Gasteiger partial charge in [-0.1, -0.05) is 11.6 Å². The van der Waals surface area contributed by atoms with Crippen molar-refractivity contribution in [2.24, 2.45) is 0 Å². The number of nitrogen functional groups attached to an aromatic ring is 1. The quantitative estimate of drug-likeness (QED) is 0.793. The van der Waals surface area contributed by atoms with E-state index in [0.717, 1.165) is 11.4 Å². The first-order chi connectivity index (χ1) is 8.19. The molecule has 0 fully saturated rings. The molecule has 4 heteroatoms. The van der Waals surface area contributed by atoms with E-state index in [9.17, 15) is 0 Å². The molecule has 0 aliphatic rings. The summed E-state index contributed by atoms with van der Waals surface area (Å²) in [6, 6.07) is 14.5. The number of nitriles is 1. The molecule has 2 aromatic rings. The fourth-order valence-corrected chi connectivity index (χ4v) is 1.56. The van der Waals surface area contributed by atoms with E-state index >= 15 is 0 Å². The molecule has 0 spiro atoms. The molecule has 0 unspecified atom stereocenters. The van der Waals surface area contributed by atoms with Crippen molar-refractivity contribution in [3.05, 3.63) is 53.1 Å². The van der Waals surface area contributed by atoms with Crippen LogP contribution in [0.1, 0.15) is 5.56 Å². The molecule has 0 saturated heterocycles. The molecule has 0 aliphatic carbocycles. The highest BCUT2D eigenvalue weighted by molar-refractivity contribution is 6.30. The largest absolute Gasteiger partial charge is 0.397 e. The van der Waals surface area contributed by atoms with Crippen LogP contribution in [0.25, 0.3) is 0 Å². The van der Waals surface area contributed by atoms with Gasteiger partial charge in [-0.3, -0.25) is 0 Å². The summed E-state index contributed by atoms with van der Waals surface area (Å²) in [6.45, 7) is 0. The van der Waals surface area contributed by atoms with Crippen molar-refractivity contribution >= 4 is 28.7 Å². The molecule has 2 aromatic carbocycles. The minimum absolute atomic E-state index is 0.541. The van der Waals surface area contributed by atoms with Gasteiger partial charge in [0.15, 0.2) is 0 Å². The number of anilines is 3. The summed E-state index contributed by atoms with van der Waals surface area (Å²) >= 11 is 5.80. The number of nitrogens with one attached hydrogen (secondary N) is 1. The summed E-state index contributed by atoms with van der Waals surface area (Å²) in [5.41, 5.74) is 8.59. The van der Waals surface area contributed by atoms with Crippen LogP contribution in [0, 0.1) is 11.3 Å². The number of benzene rings is 2. The van der Waals surface area contributed by atoms with Crippen LogP contribution < -0.4 is 11.1 Å². The van der Waals surface area contributed by atoms with Crippen molar-refractivity contribution in [2.45, 2.75) is 0 Å². The summed E-state index contributed by atoms with van der Waals surface area (Å²) in [4.78, 5) is 0. The Labute approximate surface area is 104 Å². The first-order valence-corrected chi connectivity index (χ1v) is 5.39. The highest BCUT2D eigenvalue weighted by Crippen LogP contribution is 2.24. The lowest BCUT2D eigenvalue weighted by molar-refractivity contribution is 1.47. The second-order valence-corrected chi connectivity index (χ2v) is 3.98. The summed E-state index contributed by atoms with van der Waals surface area (Å²) < 4.78 is 0. The van der Waals surface area contributed by atoms with Gasteiger partial charge in [0, 0.05) is 10.7 Å². The van der Waals surface area contributed by atoms with Crippen LogP contribution in [0.15, 0.2) is 42.5 Å². The van der Waals surface area contributed by atoms with Gasteiger partial charge < -0.3 is 11.1 Å². The molecule has 3 nitrogen and oxygen atoms in total. The monoisotopic (exact) mass is 243 g/mol. The molecule has 0 heterocycles. The summed E-state index contributed by atoms with van der Waals surface area (Å²) in [6.07, 6.45) is 0. The first-order valence-electron chi connectivity index (χ1n) is 5.01. The van der Waals surface area contributed by atoms with Crippen molar-refractivity contribution < 1.29 is 0 Å². The lowest BCUT2D eigenvalue weighted by Crippen LogP contribution is -1.96. The van der Waals surface area contributed by atoms with Gasteiger partial charge in [-0.2, -0.15) is 5.26 Å². The van der Waals surface area contributed by atoms with Gasteiger partial charge in [-0.05, 0) is 42.5 Å². The van der Waals surface area contributed by atoms with Crippen LogP contribution >= 0.6 is 11.6 Å². The Morgan fingerprint density at radius 2 is 1.82 bits per heavy atom. The fourth-order valence-electron chi connectivity index (χ4n) is 1.43. The summed E-state index contributed by atoms with van der Waals surface area (Å²) in [5, 5.41) is 12.6. The minimum atomic E-state index is 0.541. The van der Waals surface area contributed by atoms with Crippen LogP contribution in [0.3, 0.4) is 0 Å². The van der Waals surface area contributed by atoms with Crippen molar-refractivity contribution in [3.8, 4) is 6.07 Å². The predicted molar refractivity (Wildman–Crippen MR) is 70.3 cm³/mol. The van der Waals surface area contributed by atoms with Crippen molar-refractivity contribution in [3.63, 3.8) is 0 Å². The third kappa shape index (κ3) is 2.68. The zero-order valence-electron chi connectivity index (χ0n) is 8.94. The van der Waals surface area contributed by atoms with Crippen molar-refractivity contribution in [2.75, 3.05) is 11.1 Å². The van der Waals surface area contributed by atoms with Crippen LogP contribution in [0.5, 0.6) is 0 Å². The highest BCUT2D eigenvalue weighted by atomic mass is 35.5. The van der Waals surface area contributed by atoms with Gasteiger partial charge in [-0.15, -0.1) is 0 Å². The average Bonchev–Trinajstić information content (AvgIpc) is 2.34. The third-order valence-corrected chi connectivity index (χ3v) is 2.56. The lowest BCUT2D eigenvalue weighted by Gasteiger charge is -2.09. The standard InChI is InChI=1S/C13H10ClN3/c14-10-2-4-11(5-3-10)17-13-6-1-9(8-15)7-12(13)16/h1-7,17H,16H2. The molecule has 0 aromatic heterocycles. The van der Waals surface area contributed by atoms with Gasteiger partial charge in [0.05, 0.1) is 23.0 Å². The molecule has 3 N–H and O–H groups in total. The molecule has 17 heavy (non-hydrogen) atoms. The van der Waals surface area contributed by atoms with Gasteiger partial charge in [0.1, 0.15) is 0 Å². The second-order valence-electron chi connectivity index (χ2n) is 3.55. The zero-order chi connectivity index (χ0) is 12.3. The smallest absolute Gasteiger partial charge is 0.0992 e. The predicted octanol–water partition coefficient (Wildman–Crippen LogP) is 3.54. The average molecular weight is 244 g/mol. The van der Waals surface area contributed by atoms with Crippen LogP contribution in [0.2, 0.25) is 5.02 Å². The molecule has 0 aliphatic heterocycles. The maximum absolute atomic E-state index is 8.73. The molecule has 0 amide bonds. The van der Waals surface area contributed by atoms with Crippen LogP contribution in [-0.4, -0.2) is 0 Å². The number of halogens is 1. The third-order valence-electron chi connectivity index (χ3n) is 2.30. The Morgan fingerprint density at radius 3 is 2.41 bits per heavy atom. The highest BCUT2D eigenvalue weighted by Gasteiger charge is 2.01. The maximum Gasteiger partial charge on any atom is 0.0992 e. The topological polar surface area (TPSA) is 61.8 Å². The van der Waals surface area contributed by atoms with E-state index in [1.807, 2.05) is 18.2 Å². The Bertz CT molecular complexity index is 570. The SMILES string of the molecule is N#Cc1ccc(Nc2ccc(Cl)cc2)c(N)c1. The number of hydrogen-bond donors (Lipinski definition) is 2. The Balaban J connectivity index is 2.25.